The van der Waals surface area contributed by atoms with Crippen LogP contribution < -0.4 is 0 Å². The van der Waals surface area contributed by atoms with E-state index < -0.39 is 0 Å². The topological polar surface area (TPSA) is 40.6 Å². The zero-order chi connectivity index (χ0) is 14.3. The number of halogens is 1. The Morgan fingerprint density at radius 1 is 1.21 bits per heavy atom. The van der Waals surface area contributed by atoms with Gasteiger partial charge in [0.2, 0.25) is 11.8 Å². The highest BCUT2D eigenvalue weighted by Gasteiger charge is 2.37. The maximum atomic E-state index is 12.4. The Hall–Kier alpha value is -0.840. The molecule has 1 aliphatic rings. The Bertz CT molecular complexity index is 344. The van der Waals surface area contributed by atoms with Gasteiger partial charge in [-0.3, -0.25) is 9.59 Å². The third kappa shape index (κ3) is 4.34. The average molecular weight is 331 g/mol. The third-order valence-corrected chi connectivity index (χ3v) is 3.57. The summed E-state index contributed by atoms with van der Waals surface area (Å²) in [5.41, 5.74) is 0. The molecule has 0 spiro atoms. The van der Waals surface area contributed by atoms with E-state index in [4.69, 9.17) is 0 Å². The lowest BCUT2D eigenvalue weighted by Crippen LogP contribution is -2.59. The van der Waals surface area contributed by atoms with E-state index in [1.807, 2.05) is 26.0 Å². The van der Waals surface area contributed by atoms with Gasteiger partial charge in [-0.25, -0.2) is 0 Å². The molecular weight excluding hydrogens is 308 g/mol. The Kier molecular flexibility index (Phi) is 7.13. The zero-order valence-electron chi connectivity index (χ0n) is 11.8. The summed E-state index contributed by atoms with van der Waals surface area (Å²) in [6.07, 6.45) is 6.32. The molecule has 0 saturated carbocycles. The number of hydrogen-bond donors (Lipinski definition) is 0. The van der Waals surface area contributed by atoms with Gasteiger partial charge in [-0.15, -0.1) is 0 Å². The predicted molar refractivity (Wildman–Crippen MR) is 80.2 cm³/mol. The minimum atomic E-state index is -0.317. The van der Waals surface area contributed by atoms with Crippen molar-refractivity contribution in [3.8, 4) is 0 Å². The molecule has 1 unspecified atom stereocenters. The van der Waals surface area contributed by atoms with Crippen LogP contribution in [0.3, 0.4) is 0 Å². The fourth-order valence-corrected chi connectivity index (χ4v) is 2.61. The molecule has 5 heteroatoms. The lowest BCUT2D eigenvalue weighted by Gasteiger charge is -2.40. The Morgan fingerprint density at radius 2 is 1.89 bits per heavy atom. The van der Waals surface area contributed by atoms with Crippen molar-refractivity contribution in [3.05, 3.63) is 12.2 Å². The summed E-state index contributed by atoms with van der Waals surface area (Å²) in [4.78, 5) is 28.0. The number of carbonyl (C=O) groups is 2. The van der Waals surface area contributed by atoms with E-state index in [1.54, 1.807) is 9.80 Å². The minimum absolute atomic E-state index is 0.0761. The second kappa shape index (κ2) is 8.35. The third-order valence-electron chi connectivity index (χ3n) is 3.19. The normalized spacial score (nSPS) is 20.7. The molecule has 4 nitrogen and oxygen atoms in total. The lowest BCUT2D eigenvalue weighted by molar-refractivity contribution is -0.155. The van der Waals surface area contributed by atoms with Crippen LogP contribution in [0.4, 0.5) is 0 Å². The first-order chi connectivity index (χ1) is 9.15. The maximum Gasteiger partial charge on any atom is 0.246 e. The Labute approximate surface area is 123 Å². The molecule has 0 bridgehead atoms. The molecule has 108 valence electrons. The molecule has 0 aromatic heterocycles. The standard InChI is InChI=1S/C14H23BrN2O2/c1-3-9-16-11-13(18)17(10-4-2)12(14(16)19)7-5-6-8-15/h5-6,12H,3-4,7-11H2,1-2H3/b6-5-. The van der Waals surface area contributed by atoms with Crippen molar-refractivity contribution in [3.63, 3.8) is 0 Å². The lowest BCUT2D eigenvalue weighted by atomic mass is 10.1. The minimum Gasteiger partial charge on any atom is -0.332 e. The monoisotopic (exact) mass is 330 g/mol. The summed E-state index contributed by atoms with van der Waals surface area (Å²) in [5.74, 6) is 0.168. The first-order valence-corrected chi connectivity index (χ1v) is 8.07. The van der Waals surface area contributed by atoms with Crippen LogP contribution in [0, 0.1) is 0 Å². The van der Waals surface area contributed by atoms with Crippen LogP contribution in [0.15, 0.2) is 12.2 Å². The molecule has 1 atom stereocenters. The Balaban J connectivity index is 2.82. The number of amides is 2. The highest BCUT2D eigenvalue weighted by molar-refractivity contribution is 9.09. The largest absolute Gasteiger partial charge is 0.332 e. The van der Waals surface area contributed by atoms with Crippen LogP contribution >= 0.6 is 15.9 Å². The van der Waals surface area contributed by atoms with E-state index in [1.165, 1.54) is 0 Å². The molecule has 1 aliphatic heterocycles. The van der Waals surface area contributed by atoms with E-state index in [9.17, 15) is 9.59 Å². The van der Waals surface area contributed by atoms with Gasteiger partial charge in [0.25, 0.3) is 0 Å². The van der Waals surface area contributed by atoms with E-state index in [0.717, 1.165) is 18.2 Å². The molecule has 0 aromatic carbocycles. The number of allylic oxidation sites excluding steroid dienone is 1. The van der Waals surface area contributed by atoms with Crippen LogP contribution in [-0.2, 0) is 9.59 Å². The molecule has 1 saturated heterocycles. The molecule has 19 heavy (non-hydrogen) atoms. The van der Waals surface area contributed by atoms with Gasteiger partial charge in [0.05, 0.1) is 6.54 Å². The number of piperazine rings is 1. The molecule has 0 N–H and O–H groups in total. The van der Waals surface area contributed by atoms with Gasteiger partial charge >= 0.3 is 0 Å². The molecule has 1 heterocycles. The van der Waals surface area contributed by atoms with Gasteiger partial charge in [0.1, 0.15) is 6.04 Å². The van der Waals surface area contributed by atoms with Crippen molar-refractivity contribution >= 4 is 27.7 Å². The Morgan fingerprint density at radius 3 is 2.47 bits per heavy atom. The SMILES string of the molecule is CCCN1CC(=O)N(CCC)C(C/C=C\CBr)C1=O. The summed E-state index contributed by atoms with van der Waals surface area (Å²) in [6, 6.07) is -0.317. The van der Waals surface area contributed by atoms with Gasteiger partial charge in [0.15, 0.2) is 0 Å². The van der Waals surface area contributed by atoms with Crippen molar-refractivity contribution < 1.29 is 9.59 Å². The van der Waals surface area contributed by atoms with Crippen molar-refractivity contribution in [1.29, 1.82) is 0 Å². The summed E-state index contributed by atoms with van der Waals surface area (Å²) in [6.45, 7) is 5.63. The first kappa shape index (κ1) is 16.2. The highest BCUT2D eigenvalue weighted by Crippen LogP contribution is 2.17. The molecule has 1 fully saturated rings. The summed E-state index contributed by atoms with van der Waals surface area (Å²) in [5, 5.41) is 0.772. The quantitative estimate of drug-likeness (QED) is 0.530. The second-order valence-corrected chi connectivity index (χ2v) is 5.37. The van der Waals surface area contributed by atoms with Crippen molar-refractivity contribution in [1.82, 2.24) is 9.80 Å². The molecule has 0 aromatic rings. The van der Waals surface area contributed by atoms with Gasteiger partial charge in [-0.1, -0.05) is 41.9 Å². The van der Waals surface area contributed by atoms with Crippen molar-refractivity contribution in [2.45, 2.75) is 39.2 Å². The number of hydrogen-bond acceptors (Lipinski definition) is 2. The zero-order valence-corrected chi connectivity index (χ0v) is 13.4. The van der Waals surface area contributed by atoms with Crippen LogP contribution in [-0.4, -0.2) is 52.6 Å². The van der Waals surface area contributed by atoms with Crippen molar-refractivity contribution in [2.75, 3.05) is 25.0 Å². The van der Waals surface area contributed by atoms with Gasteiger partial charge in [-0.2, -0.15) is 0 Å². The van der Waals surface area contributed by atoms with Gasteiger partial charge < -0.3 is 9.80 Å². The van der Waals surface area contributed by atoms with Crippen LogP contribution in [0.1, 0.15) is 33.1 Å². The number of carbonyl (C=O) groups excluding carboxylic acids is 2. The molecular formula is C14H23BrN2O2. The van der Waals surface area contributed by atoms with E-state index in [-0.39, 0.29) is 24.4 Å². The van der Waals surface area contributed by atoms with E-state index in [0.29, 0.717) is 19.5 Å². The van der Waals surface area contributed by atoms with Gasteiger partial charge in [-0.05, 0) is 19.3 Å². The van der Waals surface area contributed by atoms with Gasteiger partial charge in [0, 0.05) is 18.4 Å². The number of rotatable bonds is 7. The average Bonchev–Trinajstić information content (AvgIpc) is 2.39. The first-order valence-electron chi connectivity index (χ1n) is 6.94. The van der Waals surface area contributed by atoms with Crippen LogP contribution in [0.25, 0.3) is 0 Å². The fraction of sp³-hybridized carbons (Fsp3) is 0.714. The smallest absolute Gasteiger partial charge is 0.246 e. The maximum absolute atomic E-state index is 12.4. The summed E-state index contributed by atoms with van der Waals surface area (Å²) >= 11 is 3.32. The van der Waals surface area contributed by atoms with E-state index in [2.05, 4.69) is 15.9 Å². The predicted octanol–water partition coefficient (Wildman–Crippen LogP) is 2.19. The fourth-order valence-electron chi connectivity index (χ4n) is 2.35. The number of alkyl halides is 1. The summed E-state index contributed by atoms with van der Waals surface area (Å²) < 4.78 is 0. The summed E-state index contributed by atoms with van der Waals surface area (Å²) in [7, 11) is 0. The second-order valence-electron chi connectivity index (χ2n) is 4.72. The van der Waals surface area contributed by atoms with E-state index >= 15 is 0 Å². The van der Waals surface area contributed by atoms with Crippen LogP contribution in [0.2, 0.25) is 0 Å². The van der Waals surface area contributed by atoms with Crippen molar-refractivity contribution in [2.24, 2.45) is 0 Å². The molecule has 2 amide bonds. The number of nitrogens with zero attached hydrogens (tertiary/aromatic N) is 2. The van der Waals surface area contributed by atoms with Crippen LogP contribution in [0.5, 0.6) is 0 Å². The molecule has 1 rings (SSSR count). The highest BCUT2D eigenvalue weighted by atomic mass is 79.9. The molecule has 0 radical (unpaired) electrons. The molecule has 0 aliphatic carbocycles.